The number of nitrogens with one attached hydrogen (secondary N) is 1. The third-order valence-electron chi connectivity index (χ3n) is 3.23. The molecule has 2 aromatic carbocycles. The van der Waals surface area contributed by atoms with E-state index in [9.17, 15) is 9.18 Å². The largest absolute Gasteiger partial charge is 0.298 e. The molecule has 0 aliphatic rings. The molecule has 0 aliphatic heterocycles. The second kappa shape index (κ2) is 6.60. The van der Waals surface area contributed by atoms with E-state index in [1.165, 1.54) is 29.5 Å². The molecule has 0 atom stereocenters. The average molecular weight is 391 g/mol. The summed E-state index contributed by atoms with van der Waals surface area (Å²) >= 11 is 4.65. The Morgan fingerprint density at radius 3 is 2.70 bits per heavy atom. The van der Waals surface area contributed by atoms with Gasteiger partial charge in [0.05, 0.1) is 16.1 Å². The number of aryl methyl sites for hydroxylation is 1. The zero-order valence-electron chi connectivity index (χ0n) is 12.1. The van der Waals surface area contributed by atoms with Crippen molar-refractivity contribution in [3.05, 3.63) is 70.1 Å². The number of anilines is 1. The Bertz CT molecular complexity index is 864. The lowest BCUT2D eigenvalue weighted by atomic mass is 10.2. The van der Waals surface area contributed by atoms with E-state index >= 15 is 0 Å². The van der Waals surface area contributed by atoms with E-state index in [4.69, 9.17) is 0 Å². The van der Waals surface area contributed by atoms with Crippen LogP contribution in [-0.4, -0.2) is 10.9 Å². The highest BCUT2D eigenvalue weighted by molar-refractivity contribution is 9.10. The van der Waals surface area contributed by atoms with Gasteiger partial charge in [-0.25, -0.2) is 9.37 Å². The SMILES string of the molecule is Cc1nc(NC(=O)c2cc(F)ccc2Br)sc1-c1ccccc1. The third kappa shape index (κ3) is 3.48. The molecule has 0 radical (unpaired) electrons. The van der Waals surface area contributed by atoms with Gasteiger partial charge in [-0.15, -0.1) is 0 Å². The monoisotopic (exact) mass is 390 g/mol. The standard InChI is InChI=1S/C17H12BrFN2OS/c1-10-15(11-5-3-2-4-6-11)23-17(20-10)21-16(22)13-9-12(19)7-8-14(13)18/h2-9H,1H3,(H,20,21,22). The van der Waals surface area contributed by atoms with Crippen LogP contribution in [0.2, 0.25) is 0 Å². The first kappa shape index (κ1) is 15.8. The number of nitrogens with zero attached hydrogens (tertiary/aromatic N) is 1. The molecule has 1 heterocycles. The van der Waals surface area contributed by atoms with Gasteiger partial charge in [0.15, 0.2) is 5.13 Å². The van der Waals surface area contributed by atoms with Crippen LogP contribution in [0.15, 0.2) is 53.0 Å². The summed E-state index contributed by atoms with van der Waals surface area (Å²) in [6, 6.07) is 13.8. The lowest BCUT2D eigenvalue weighted by Crippen LogP contribution is -2.12. The van der Waals surface area contributed by atoms with Gasteiger partial charge in [0.2, 0.25) is 0 Å². The zero-order valence-corrected chi connectivity index (χ0v) is 14.5. The quantitative estimate of drug-likeness (QED) is 0.661. The van der Waals surface area contributed by atoms with Crippen LogP contribution in [0.3, 0.4) is 0 Å². The van der Waals surface area contributed by atoms with E-state index in [1.807, 2.05) is 37.3 Å². The number of benzene rings is 2. The summed E-state index contributed by atoms with van der Waals surface area (Å²) in [6.07, 6.45) is 0. The molecule has 116 valence electrons. The first-order valence-electron chi connectivity index (χ1n) is 6.84. The van der Waals surface area contributed by atoms with Crippen molar-refractivity contribution in [2.75, 3.05) is 5.32 Å². The molecule has 3 nitrogen and oxygen atoms in total. The Labute approximate surface area is 145 Å². The van der Waals surface area contributed by atoms with Crippen molar-refractivity contribution in [1.29, 1.82) is 0 Å². The molecule has 0 aliphatic carbocycles. The lowest BCUT2D eigenvalue weighted by Gasteiger charge is -2.04. The maximum atomic E-state index is 13.3. The van der Waals surface area contributed by atoms with Gasteiger partial charge >= 0.3 is 0 Å². The molecule has 1 N–H and O–H groups in total. The van der Waals surface area contributed by atoms with Crippen LogP contribution < -0.4 is 5.32 Å². The summed E-state index contributed by atoms with van der Waals surface area (Å²) in [7, 11) is 0. The average Bonchev–Trinajstić information content (AvgIpc) is 2.91. The van der Waals surface area contributed by atoms with E-state index in [2.05, 4.69) is 26.2 Å². The molecule has 0 unspecified atom stereocenters. The van der Waals surface area contributed by atoms with Crippen LogP contribution in [-0.2, 0) is 0 Å². The van der Waals surface area contributed by atoms with Crippen molar-refractivity contribution >= 4 is 38.3 Å². The Morgan fingerprint density at radius 1 is 1.22 bits per heavy atom. The Balaban J connectivity index is 1.87. The topological polar surface area (TPSA) is 42.0 Å². The minimum atomic E-state index is -0.460. The summed E-state index contributed by atoms with van der Waals surface area (Å²) in [6.45, 7) is 1.90. The van der Waals surface area contributed by atoms with Gasteiger partial charge in [0.1, 0.15) is 5.82 Å². The number of carbonyl (C=O) groups excluding carboxylic acids is 1. The number of amides is 1. The number of hydrogen-bond acceptors (Lipinski definition) is 3. The number of thiazole rings is 1. The Morgan fingerprint density at radius 2 is 1.96 bits per heavy atom. The third-order valence-corrected chi connectivity index (χ3v) is 5.04. The lowest BCUT2D eigenvalue weighted by molar-refractivity contribution is 0.102. The molecule has 1 amide bonds. The summed E-state index contributed by atoms with van der Waals surface area (Å²) in [5.41, 5.74) is 2.13. The van der Waals surface area contributed by atoms with Crippen molar-refractivity contribution in [3.63, 3.8) is 0 Å². The highest BCUT2D eigenvalue weighted by atomic mass is 79.9. The van der Waals surface area contributed by atoms with Gasteiger partial charge in [-0.05, 0) is 46.6 Å². The van der Waals surface area contributed by atoms with E-state index in [0.29, 0.717) is 9.60 Å². The van der Waals surface area contributed by atoms with E-state index < -0.39 is 11.7 Å². The first-order chi connectivity index (χ1) is 11.0. The van der Waals surface area contributed by atoms with Gasteiger partial charge in [0.25, 0.3) is 5.91 Å². The fourth-order valence-electron chi connectivity index (χ4n) is 2.14. The summed E-state index contributed by atoms with van der Waals surface area (Å²) in [4.78, 5) is 17.7. The number of halogens is 2. The van der Waals surface area contributed by atoms with Gasteiger partial charge in [-0.2, -0.15) is 0 Å². The molecule has 23 heavy (non-hydrogen) atoms. The molecular weight excluding hydrogens is 379 g/mol. The van der Waals surface area contributed by atoms with E-state index in [1.54, 1.807) is 0 Å². The molecule has 0 spiro atoms. The maximum Gasteiger partial charge on any atom is 0.258 e. The minimum Gasteiger partial charge on any atom is -0.298 e. The van der Waals surface area contributed by atoms with Crippen LogP contribution in [0, 0.1) is 12.7 Å². The van der Waals surface area contributed by atoms with Crippen LogP contribution in [0.4, 0.5) is 9.52 Å². The summed E-state index contributed by atoms with van der Waals surface area (Å²) in [5.74, 6) is -0.858. The van der Waals surface area contributed by atoms with E-state index in [-0.39, 0.29) is 5.56 Å². The highest BCUT2D eigenvalue weighted by Crippen LogP contribution is 2.33. The predicted octanol–water partition coefficient (Wildman–Crippen LogP) is 5.27. The molecule has 3 rings (SSSR count). The molecule has 6 heteroatoms. The molecule has 3 aromatic rings. The van der Waals surface area contributed by atoms with Crippen LogP contribution >= 0.6 is 27.3 Å². The van der Waals surface area contributed by atoms with Crippen molar-refractivity contribution < 1.29 is 9.18 Å². The Hall–Kier alpha value is -2.05. The Kier molecular flexibility index (Phi) is 4.54. The van der Waals surface area contributed by atoms with Crippen molar-refractivity contribution in [1.82, 2.24) is 4.98 Å². The van der Waals surface area contributed by atoms with Crippen LogP contribution in [0.1, 0.15) is 16.1 Å². The fraction of sp³-hybridized carbons (Fsp3) is 0.0588. The number of rotatable bonds is 3. The van der Waals surface area contributed by atoms with Gasteiger partial charge in [-0.3, -0.25) is 10.1 Å². The van der Waals surface area contributed by atoms with Gasteiger partial charge in [-0.1, -0.05) is 41.7 Å². The summed E-state index contributed by atoms with van der Waals surface area (Å²) < 4.78 is 13.9. The van der Waals surface area contributed by atoms with Gasteiger partial charge in [0, 0.05) is 4.47 Å². The highest BCUT2D eigenvalue weighted by Gasteiger charge is 2.15. The molecule has 0 bridgehead atoms. The van der Waals surface area contributed by atoms with Gasteiger partial charge < -0.3 is 0 Å². The second-order valence-electron chi connectivity index (χ2n) is 4.88. The molecular formula is C17H12BrFN2OS. The first-order valence-corrected chi connectivity index (χ1v) is 8.45. The smallest absolute Gasteiger partial charge is 0.258 e. The molecule has 0 saturated heterocycles. The van der Waals surface area contributed by atoms with Crippen LogP contribution in [0.5, 0.6) is 0 Å². The number of hydrogen-bond donors (Lipinski definition) is 1. The predicted molar refractivity (Wildman–Crippen MR) is 94.3 cm³/mol. The molecule has 0 fully saturated rings. The second-order valence-corrected chi connectivity index (χ2v) is 6.73. The minimum absolute atomic E-state index is 0.235. The maximum absolute atomic E-state index is 13.3. The number of carbonyl (C=O) groups is 1. The normalized spacial score (nSPS) is 10.6. The van der Waals surface area contributed by atoms with Crippen molar-refractivity contribution in [2.24, 2.45) is 0 Å². The van der Waals surface area contributed by atoms with Crippen molar-refractivity contribution in [3.8, 4) is 10.4 Å². The van der Waals surface area contributed by atoms with Crippen molar-refractivity contribution in [2.45, 2.75) is 6.92 Å². The summed E-state index contributed by atoms with van der Waals surface area (Å²) in [5, 5.41) is 3.22. The number of aromatic nitrogens is 1. The zero-order chi connectivity index (χ0) is 16.4. The van der Waals surface area contributed by atoms with E-state index in [0.717, 1.165) is 16.1 Å². The fourth-order valence-corrected chi connectivity index (χ4v) is 3.54. The molecule has 1 aromatic heterocycles. The molecule has 0 saturated carbocycles. The van der Waals surface area contributed by atoms with Crippen LogP contribution in [0.25, 0.3) is 10.4 Å².